The molecule has 0 bridgehead atoms. The number of aromatic nitrogens is 2. The van der Waals surface area contributed by atoms with Gasteiger partial charge in [0, 0.05) is 43.6 Å². The number of hydrogen-bond donors (Lipinski definition) is 2. The quantitative estimate of drug-likeness (QED) is 0.0434. The van der Waals surface area contributed by atoms with Crippen molar-refractivity contribution >= 4 is 46.4 Å². The predicted octanol–water partition coefficient (Wildman–Crippen LogP) is 8.60. The van der Waals surface area contributed by atoms with Crippen LogP contribution in [-0.2, 0) is 41.8 Å². The summed E-state index contributed by atoms with van der Waals surface area (Å²) in [7, 11) is 0. The molecule has 0 atom stereocenters. The highest BCUT2D eigenvalue weighted by atomic mass is 35.5. The van der Waals surface area contributed by atoms with Gasteiger partial charge in [0.15, 0.2) is 0 Å². The molecule has 2 aromatic carbocycles. The average molecular weight is 808 g/mol. The fraction of sp³-hybridized carbons (Fsp3) is 0.300. The number of carbonyl (C=O) groups excluding carboxylic acids is 2. The maximum Gasteiger partial charge on any atom is 0.304 e. The van der Waals surface area contributed by atoms with Crippen LogP contribution in [-0.4, -0.2) is 61.2 Å². The van der Waals surface area contributed by atoms with Crippen LogP contribution in [0.5, 0.6) is 11.5 Å². The summed E-state index contributed by atoms with van der Waals surface area (Å²) in [4.78, 5) is 37.8. The molecule has 0 spiro atoms. The monoisotopic (exact) mass is 806 g/mol. The zero-order valence-corrected chi connectivity index (χ0v) is 33.0. The highest BCUT2D eigenvalue weighted by Gasteiger charge is 2.13. The smallest absolute Gasteiger partial charge is 0.304 e. The second-order valence-electron chi connectivity index (χ2n) is 10.6. The Morgan fingerprint density at radius 1 is 0.732 bits per heavy atom. The number of benzene rings is 2. The van der Waals surface area contributed by atoms with E-state index in [0.717, 1.165) is 17.6 Å². The molecule has 0 unspecified atom stereocenters. The zero-order valence-electron chi connectivity index (χ0n) is 31.5. The molecular formula is C40H44Cl2N6O8. The topological polar surface area (TPSA) is 148 Å². The third-order valence-corrected chi connectivity index (χ3v) is 7.05. The number of halogens is 2. The van der Waals surface area contributed by atoms with Crippen LogP contribution < -0.4 is 20.1 Å². The van der Waals surface area contributed by atoms with Crippen molar-refractivity contribution < 1.29 is 38.0 Å². The minimum Gasteiger partial charge on any atom is -0.512 e. The lowest BCUT2D eigenvalue weighted by atomic mass is 10.3. The van der Waals surface area contributed by atoms with Gasteiger partial charge in [-0.15, -0.1) is 0 Å². The van der Waals surface area contributed by atoms with Gasteiger partial charge in [-0.25, -0.2) is 11.4 Å². The Balaban J connectivity index is 0.000000316. The number of anilines is 2. The Morgan fingerprint density at radius 3 is 1.62 bits per heavy atom. The first kappa shape index (κ1) is 46.4. The average Bonchev–Trinajstić information content (AvgIpc) is 3.19. The molecule has 56 heavy (non-hydrogen) atoms. The van der Waals surface area contributed by atoms with Crippen molar-refractivity contribution in [1.82, 2.24) is 9.97 Å². The number of rotatable bonds is 18. The summed E-state index contributed by atoms with van der Waals surface area (Å²) < 4.78 is 31.4. The van der Waals surface area contributed by atoms with Crippen LogP contribution in [0.3, 0.4) is 0 Å². The fourth-order valence-corrected chi connectivity index (χ4v) is 4.44. The van der Waals surface area contributed by atoms with E-state index >= 15 is 0 Å². The summed E-state index contributed by atoms with van der Waals surface area (Å²) in [5.74, 6) is 0.0379. The molecule has 2 amide bonds. The Hall–Kier alpha value is -5.74. The van der Waals surface area contributed by atoms with Gasteiger partial charge in [0.2, 0.25) is 0 Å². The van der Waals surface area contributed by atoms with E-state index in [1.165, 1.54) is 0 Å². The van der Waals surface area contributed by atoms with Crippen LogP contribution in [0.25, 0.3) is 9.69 Å². The van der Waals surface area contributed by atoms with Crippen LogP contribution in [0.15, 0.2) is 97.1 Å². The number of ether oxygens (including phenoxy) is 6. The van der Waals surface area contributed by atoms with Crippen molar-refractivity contribution in [3.63, 3.8) is 0 Å². The first-order valence-corrected chi connectivity index (χ1v) is 18.1. The largest absolute Gasteiger partial charge is 0.512 e. The lowest BCUT2D eigenvalue weighted by molar-refractivity contribution is -0.282. The lowest BCUT2D eigenvalue weighted by Crippen LogP contribution is -2.20. The summed E-state index contributed by atoms with van der Waals surface area (Å²) in [6.07, 6.45) is 4.51. The van der Waals surface area contributed by atoms with Crippen molar-refractivity contribution in [2.24, 2.45) is 0 Å². The van der Waals surface area contributed by atoms with Crippen LogP contribution >= 0.6 is 23.2 Å². The molecule has 0 saturated heterocycles. The molecule has 2 heterocycles. The second-order valence-corrected chi connectivity index (χ2v) is 11.4. The molecule has 4 aromatic rings. The van der Waals surface area contributed by atoms with E-state index in [2.05, 4.69) is 30.3 Å². The van der Waals surface area contributed by atoms with Gasteiger partial charge in [0.25, 0.3) is 24.6 Å². The van der Waals surface area contributed by atoms with Gasteiger partial charge < -0.3 is 43.9 Å². The van der Waals surface area contributed by atoms with Gasteiger partial charge >= 0.3 is 5.91 Å². The maximum absolute atomic E-state index is 12.0. The molecule has 14 nitrogen and oxygen atoms in total. The first-order valence-electron chi connectivity index (χ1n) is 17.3. The highest BCUT2D eigenvalue weighted by Crippen LogP contribution is 2.29. The summed E-state index contributed by atoms with van der Waals surface area (Å²) in [6, 6.07) is 20.9. The van der Waals surface area contributed by atoms with E-state index in [9.17, 15) is 9.59 Å². The van der Waals surface area contributed by atoms with E-state index < -0.39 is 12.4 Å². The summed E-state index contributed by atoms with van der Waals surface area (Å²) in [5.41, 5.74) is 2.40. The van der Waals surface area contributed by atoms with E-state index in [4.69, 9.17) is 64.8 Å². The van der Waals surface area contributed by atoms with E-state index in [1.54, 1.807) is 55.7 Å². The minimum atomic E-state index is -0.568. The SMILES string of the molecule is CCOC(OCC)OCC.[C-]#[N+]/C(=C/OCC)C(=O)Nc1ccc(OCc2ccccn2)c(Cl)c1.[C-]#[N+]CC(=O)Nc1ccc(OCc2ccccn2)c(Cl)c1. The molecule has 2 N–H and O–H groups in total. The number of amides is 2. The third-order valence-electron chi connectivity index (χ3n) is 6.45. The molecule has 0 aliphatic rings. The number of carbonyl (C=O) groups is 2. The number of hydrogen-bond acceptors (Lipinski definition) is 10. The predicted molar refractivity (Wildman–Crippen MR) is 214 cm³/mol. The summed E-state index contributed by atoms with van der Waals surface area (Å²) in [5, 5.41) is 5.89. The van der Waals surface area contributed by atoms with E-state index in [0.29, 0.717) is 66.0 Å². The normalized spacial score (nSPS) is 10.3. The third kappa shape index (κ3) is 18.5. The van der Waals surface area contributed by atoms with Crippen LogP contribution in [0.4, 0.5) is 11.4 Å². The van der Waals surface area contributed by atoms with Crippen molar-refractivity contribution in [3.8, 4) is 11.5 Å². The van der Waals surface area contributed by atoms with Gasteiger partial charge in [0.05, 0.1) is 40.9 Å². The lowest BCUT2D eigenvalue weighted by Gasteiger charge is -2.15. The van der Waals surface area contributed by atoms with E-state index in [-0.39, 0.29) is 24.8 Å². The first-order chi connectivity index (χ1) is 27.2. The standard InChI is InChI=1S/C18H16ClN3O3.C15H12ClN3O2.C7H16O3/c1-3-24-12-16(20-2)18(23)22-13-7-8-17(15(19)10-13)25-11-14-6-4-5-9-21-14;1-17-9-15(20)19-11-5-6-14(13(16)8-11)21-10-12-4-2-3-7-18-12;1-4-8-7(9-5-2)10-6-3/h4-10,12H,3,11H2,1H3,(H,22,23);2-8H,9-10H2,(H,19,20);7H,4-6H2,1-3H3/b16-12+;;. The van der Waals surface area contributed by atoms with Gasteiger partial charge in [-0.1, -0.05) is 35.3 Å². The number of nitrogens with zero attached hydrogens (tertiary/aromatic N) is 4. The zero-order chi connectivity index (χ0) is 41.0. The van der Waals surface area contributed by atoms with Crippen molar-refractivity contribution in [3.05, 3.63) is 141 Å². The van der Waals surface area contributed by atoms with Crippen molar-refractivity contribution in [2.45, 2.75) is 47.4 Å². The Kier molecular flexibility index (Phi) is 23.0. The molecule has 16 heteroatoms. The van der Waals surface area contributed by atoms with Crippen LogP contribution in [0, 0.1) is 13.1 Å². The van der Waals surface area contributed by atoms with Crippen molar-refractivity contribution in [2.75, 3.05) is 43.6 Å². The van der Waals surface area contributed by atoms with Gasteiger partial charge in [-0.05, 0) is 88.4 Å². The number of nitrogens with one attached hydrogen (secondary N) is 2. The molecule has 2 aromatic heterocycles. The minimum absolute atomic E-state index is 0.145. The summed E-state index contributed by atoms with van der Waals surface area (Å²) in [6.45, 7) is 23.3. The molecule has 0 aliphatic carbocycles. The Bertz CT molecular complexity index is 1880. The Labute approximate surface area is 337 Å². The van der Waals surface area contributed by atoms with Crippen LogP contribution in [0.2, 0.25) is 10.0 Å². The molecule has 0 saturated carbocycles. The molecule has 0 radical (unpaired) electrons. The molecule has 0 aliphatic heterocycles. The van der Waals surface area contributed by atoms with Gasteiger partial charge in [0.1, 0.15) is 24.7 Å². The molecule has 0 fully saturated rings. The molecule has 4 rings (SSSR count). The van der Waals surface area contributed by atoms with Crippen molar-refractivity contribution in [1.29, 1.82) is 0 Å². The summed E-state index contributed by atoms with van der Waals surface area (Å²) >= 11 is 12.3. The number of pyridine rings is 2. The second kappa shape index (κ2) is 27.8. The fourth-order valence-electron chi connectivity index (χ4n) is 3.97. The van der Waals surface area contributed by atoms with Gasteiger partial charge in [-0.2, -0.15) is 0 Å². The van der Waals surface area contributed by atoms with Crippen LogP contribution in [0.1, 0.15) is 39.1 Å². The molecule has 296 valence electrons. The Morgan fingerprint density at radius 2 is 1.23 bits per heavy atom. The van der Waals surface area contributed by atoms with E-state index in [1.807, 2.05) is 57.2 Å². The molecular weight excluding hydrogens is 763 g/mol. The maximum atomic E-state index is 12.0. The highest BCUT2D eigenvalue weighted by molar-refractivity contribution is 6.32. The van der Waals surface area contributed by atoms with Gasteiger partial charge in [-0.3, -0.25) is 19.6 Å².